The summed E-state index contributed by atoms with van der Waals surface area (Å²) in [6, 6.07) is 16.1. The number of aromatic nitrogens is 3. The fraction of sp³-hybridized carbons (Fsp3) is 0.227. The molecule has 2 aromatic carbocycles. The highest BCUT2D eigenvalue weighted by molar-refractivity contribution is 5.79. The van der Waals surface area contributed by atoms with Crippen molar-refractivity contribution in [3.05, 3.63) is 71.5 Å². The van der Waals surface area contributed by atoms with E-state index in [9.17, 15) is 14.4 Å². The van der Waals surface area contributed by atoms with Gasteiger partial charge in [0.2, 0.25) is 0 Å². The number of ether oxygens (including phenoxy) is 1. The smallest absolute Gasteiger partial charge is 0.407 e. The number of nitrogens with one attached hydrogen (secondary N) is 2. The molecule has 0 radical (unpaired) electrons. The van der Waals surface area contributed by atoms with Gasteiger partial charge in [0, 0.05) is 5.92 Å². The van der Waals surface area contributed by atoms with E-state index in [4.69, 9.17) is 9.84 Å². The molecular formula is C22H21N5O6. The standard InChI is InChI=1S/C22H21N5O6/c28-20(25-33-13-21(29)30)11-27-10-14(24-26-27)9-23-22(31)32-12-19-17-7-3-1-5-15(17)16-6-2-4-8-18(16)19/h1-8,10,19H,9,11-13H2,(H,23,31)(H,25,28)(H,29,30). The first-order valence-corrected chi connectivity index (χ1v) is 10.1. The van der Waals surface area contributed by atoms with Crippen molar-refractivity contribution < 1.29 is 29.1 Å². The Hall–Kier alpha value is -4.25. The summed E-state index contributed by atoms with van der Waals surface area (Å²) in [5.41, 5.74) is 6.95. The van der Waals surface area contributed by atoms with Crippen LogP contribution < -0.4 is 10.8 Å². The number of carbonyl (C=O) groups is 3. The Bertz CT molecular complexity index is 1130. The molecule has 0 spiro atoms. The number of hydrogen-bond acceptors (Lipinski definition) is 7. The normalized spacial score (nSPS) is 12.0. The molecule has 11 nitrogen and oxygen atoms in total. The molecule has 1 aromatic heterocycles. The van der Waals surface area contributed by atoms with E-state index in [-0.39, 0.29) is 25.6 Å². The second-order valence-electron chi connectivity index (χ2n) is 7.29. The summed E-state index contributed by atoms with van der Waals surface area (Å²) in [5, 5.41) is 18.7. The average Bonchev–Trinajstić information content (AvgIpc) is 3.38. The van der Waals surface area contributed by atoms with E-state index in [0.29, 0.717) is 5.69 Å². The lowest BCUT2D eigenvalue weighted by atomic mass is 9.98. The molecule has 0 bridgehead atoms. The molecule has 2 amide bonds. The van der Waals surface area contributed by atoms with Crippen molar-refractivity contribution in [3.63, 3.8) is 0 Å². The van der Waals surface area contributed by atoms with Gasteiger partial charge in [-0.05, 0) is 22.3 Å². The zero-order valence-corrected chi connectivity index (χ0v) is 17.4. The van der Waals surface area contributed by atoms with Crippen molar-refractivity contribution in [2.75, 3.05) is 13.2 Å². The zero-order chi connectivity index (χ0) is 23.2. The number of aliphatic carboxylic acids is 1. The van der Waals surface area contributed by atoms with E-state index in [2.05, 4.69) is 32.6 Å². The van der Waals surface area contributed by atoms with E-state index in [0.717, 1.165) is 22.3 Å². The molecule has 1 aliphatic carbocycles. The van der Waals surface area contributed by atoms with E-state index >= 15 is 0 Å². The average molecular weight is 451 g/mol. The second-order valence-corrected chi connectivity index (χ2v) is 7.29. The van der Waals surface area contributed by atoms with Gasteiger partial charge in [0.1, 0.15) is 18.8 Å². The van der Waals surface area contributed by atoms with Gasteiger partial charge < -0.3 is 15.2 Å². The van der Waals surface area contributed by atoms with Crippen molar-refractivity contribution >= 4 is 18.0 Å². The molecule has 0 saturated heterocycles. The molecular weight excluding hydrogens is 430 g/mol. The number of hydroxylamine groups is 1. The Labute approximate surface area is 188 Å². The SMILES string of the molecule is O=C(O)CONC(=O)Cn1cc(CNC(=O)OCC2c3ccccc3-c3ccccc32)nn1. The number of amides is 2. The third-order valence-corrected chi connectivity index (χ3v) is 5.03. The summed E-state index contributed by atoms with van der Waals surface area (Å²) in [6.45, 7) is -0.618. The number of carboxylic acids is 1. The number of hydrogen-bond donors (Lipinski definition) is 3. The van der Waals surface area contributed by atoms with Crippen LogP contribution in [0.25, 0.3) is 11.1 Å². The second kappa shape index (κ2) is 9.92. The van der Waals surface area contributed by atoms with Gasteiger partial charge in [-0.15, -0.1) is 5.10 Å². The Morgan fingerprint density at radius 3 is 2.36 bits per heavy atom. The fourth-order valence-corrected chi connectivity index (χ4v) is 3.67. The van der Waals surface area contributed by atoms with E-state index in [1.54, 1.807) is 0 Å². The molecule has 170 valence electrons. The van der Waals surface area contributed by atoms with Crippen LogP contribution in [0.4, 0.5) is 4.79 Å². The van der Waals surface area contributed by atoms with Crippen LogP contribution in [0.2, 0.25) is 0 Å². The van der Waals surface area contributed by atoms with Crippen molar-refractivity contribution in [2.45, 2.75) is 19.0 Å². The van der Waals surface area contributed by atoms with Crippen LogP contribution in [0.1, 0.15) is 22.7 Å². The van der Waals surface area contributed by atoms with Gasteiger partial charge in [0.15, 0.2) is 6.61 Å². The van der Waals surface area contributed by atoms with E-state index in [1.165, 1.54) is 10.9 Å². The summed E-state index contributed by atoms with van der Waals surface area (Å²) in [5.74, 6) is -1.85. The van der Waals surface area contributed by atoms with E-state index in [1.807, 2.05) is 41.9 Å². The quantitative estimate of drug-likeness (QED) is 0.415. The molecule has 4 rings (SSSR count). The van der Waals surface area contributed by atoms with E-state index < -0.39 is 24.6 Å². The number of nitrogens with zero attached hydrogens (tertiary/aromatic N) is 3. The predicted molar refractivity (Wildman–Crippen MR) is 114 cm³/mol. The molecule has 3 aromatic rings. The molecule has 0 atom stereocenters. The largest absolute Gasteiger partial charge is 0.479 e. The first-order chi connectivity index (χ1) is 16.0. The van der Waals surface area contributed by atoms with Gasteiger partial charge in [-0.2, -0.15) is 0 Å². The molecule has 0 saturated carbocycles. The first-order valence-electron chi connectivity index (χ1n) is 10.1. The maximum atomic E-state index is 12.2. The minimum absolute atomic E-state index is 0.0362. The first kappa shape index (κ1) is 22.0. The zero-order valence-electron chi connectivity index (χ0n) is 17.4. The topological polar surface area (TPSA) is 145 Å². The maximum absolute atomic E-state index is 12.2. The van der Waals surface area contributed by atoms with Gasteiger partial charge >= 0.3 is 12.1 Å². The van der Waals surface area contributed by atoms with Crippen molar-refractivity contribution in [2.24, 2.45) is 0 Å². The third-order valence-electron chi connectivity index (χ3n) is 5.03. The number of carbonyl (C=O) groups excluding carboxylic acids is 2. The highest BCUT2D eigenvalue weighted by Gasteiger charge is 2.28. The molecule has 1 heterocycles. The Morgan fingerprint density at radius 1 is 1.03 bits per heavy atom. The molecule has 11 heteroatoms. The number of benzene rings is 2. The molecule has 0 fully saturated rings. The molecule has 0 unspecified atom stereocenters. The fourth-order valence-electron chi connectivity index (χ4n) is 3.67. The summed E-state index contributed by atoms with van der Waals surface area (Å²) >= 11 is 0. The maximum Gasteiger partial charge on any atom is 0.407 e. The van der Waals surface area contributed by atoms with Crippen molar-refractivity contribution in [1.82, 2.24) is 25.8 Å². The predicted octanol–water partition coefficient (Wildman–Crippen LogP) is 1.45. The van der Waals surface area contributed by atoms with Gasteiger partial charge in [0.25, 0.3) is 5.91 Å². The summed E-state index contributed by atoms with van der Waals surface area (Å²) < 4.78 is 6.69. The minimum atomic E-state index is -1.21. The van der Waals surface area contributed by atoms with Gasteiger partial charge in [-0.1, -0.05) is 53.7 Å². The van der Waals surface area contributed by atoms with Crippen LogP contribution in [-0.4, -0.2) is 51.3 Å². The highest BCUT2D eigenvalue weighted by atomic mass is 16.7. The van der Waals surface area contributed by atoms with Crippen LogP contribution >= 0.6 is 0 Å². The van der Waals surface area contributed by atoms with Crippen LogP contribution in [0.3, 0.4) is 0 Å². The van der Waals surface area contributed by atoms with Crippen LogP contribution in [0.5, 0.6) is 0 Å². The Morgan fingerprint density at radius 2 is 1.70 bits per heavy atom. The Kier molecular flexibility index (Phi) is 6.60. The molecule has 1 aliphatic rings. The van der Waals surface area contributed by atoms with Crippen LogP contribution in [0.15, 0.2) is 54.7 Å². The van der Waals surface area contributed by atoms with Crippen LogP contribution in [-0.2, 0) is 32.3 Å². The Balaban J connectivity index is 1.25. The molecule has 3 N–H and O–H groups in total. The van der Waals surface area contributed by atoms with Crippen LogP contribution in [0, 0.1) is 0 Å². The number of rotatable bonds is 9. The highest BCUT2D eigenvalue weighted by Crippen LogP contribution is 2.44. The van der Waals surface area contributed by atoms with Gasteiger partial charge in [-0.25, -0.2) is 19.8 Å². The van der Waals surface area contributed by atoms with Gasteiger partial charge in [0.05, 0.1) is 12.7 Å². The summed E-state index contributed by atoms with van der Waals surface area (Å²) in [6.07, 6.45) is 0.881. The summed E-state index contributed by atoms with van der Waals surface area (Å²) in [4.78, 5) is 38.7. The number of carboxylic acid groups (broad SMARTS) is 1. The lowest BCUT2D eigenvalue weighted by molar-refractivity contribution is -0.149. The summed E-state index contributed by atoms with van der Waals surface area (Å²) in [7, 11) is 0. The monoisotopic (exact) mass is 451 g/mol. The number of fused-ring (bicyclic) bond motifs is 3. The van der Waals surface area contributed by atoms with Gasteiger partial charge in [-0.3, -0.25) is 9.63 Å². The lowest BCUT2D eigenvalue weighted by Gasteiger charge is -2.14. The van der Waals surface area contributed by atoms with Crippen molar-refractivity contribution in [3.8, 4) is 11.1 Å². The number of alkyl carbamates (subject to hydrolysis) is 1. The third kappa shape index (κ3) is 5.33. The lowest BCUT2D eigenvalue weighted by Crippen LogP contribution is -2.30. The molecule has 0 aliphatic heterocycles. The molecule has 33 heavy (non-hydrogen) atoms. The van der Waals surface area contributed by atoms with Crippen molar-refractivity contribution in [1.29, 1.82) is 0 Å². The minimum Gasteiger partial charge on any atom is -0.479 e.